The van der Waals surface area contributed by atoms with E-state index >= 15 is 0 Å². The quantitative estimate of drug-likeness (QED) is 0.223. The van der Waals surface area contributed by atoms with E-state index < -0.39 is 5.97 Å². The molecule has 0 amide bonds. The zero-order chi connectivity index (χ0) is 22.5. The number of carboxylic acid groups (broad SMARTS) is 1. The van der Waals surface area contributed by atoms with Gasteiger partial charge in [-0.3, -0.25) is 9.59 Å². The maximum atomic E-state index is 12.8. The molecule has 0 fully saturated rings. The number of carbonyl (C=O) groups is 2. The lowest BCUT2D eigenvalue weighted by Crippen LogP contribution is -2.14. The van der Waals surface area contributed by atoms with E-state index in [-0.39, 0.29) is 24.5 Å². The molecule has 3 heteroatoms. The molecule has 1 rings (SSSR count). The van der Waals surface area contributed by atoms with Gasteiger partial charge in [-0.25, -0.2) is 0 Å². The lowest BCUT2D eigenvalue weighted by molar-refractivity contribution is -0.138. The van der Waals surface area contributed by atoms with Gasteiger partial charge in [0.25, 0.3) is 0 Å². The monoisotopic (exact) mass is 414 g/mol. The summed E-state index contributed by atoms with van der Waals surface area (Å²) in [7, 11) is 0. The van der Waals surface area contributed by atoms with E-state index in [0.717, 1.165) is 12.0 Å². The summed E-state index contributed by atoms with van der Waals surface area (Å²) in [5.74, 6) is -0.149. The van der Waals surface area contributed by atoms with Crippen LogP contribution in [0.2, 0.25) is 0 Å². The summed E-state index contributed by atoms with van der Waals surface area (Å²) in [6.07, 6.45) is 10.4. The van der Waals surface area contributed by atoms with Crippen molar-refractivity contribution in [3.63, 3.8) is 0 Å². The molecule has 0 radical (unpaired) electrons. The Balaban J connectivity index is 2.80. The van der Waals surface area contributed by atoms with E-state index in [1.807, 2.05) is 18.2 Å². The first-order valence-corrected chi connectivity index (χ1v) is 11.8. The second-order valence-corrected chi connectivity index (χ2v) is 8.91. The minimum Gasteiger partial charge on any atom is -0.481 e. The summed E-state index contributed by atoms with van der Waals surface area (Å²) in [5, 5.41) is 8.95. The Morgan fingerprint density at radius 1 is 0.967 bits per heavy atom. The van der Waals surface area contributed by atoms with Crippen molar-refractivity contribution in [2.24, 2.45) is 11.8 Å². The van der Waals surface area contributed by atoms with Crippen molar-refractivity contribution in [3.05, 3.63) is 42.0 Å². The molecule has 0 saturated heterocycles. The first-order chi connectivity index (χ1) is 14.3. The van der Waals surface area contributed by atoms with Crippen LogP contribution in [0.15, 0.2) is 30.8 Å². The van der Waals surface area contributed by atoms with Crippen molar-refractivity contribution < 1.29 is 14.7 Å². The number of benzene rings is 1. The highest BCUT2D eigenvalue weighted by Gasteiger charge is 2.23. The SMILES string of the molecule is C=C(C(=O)CC(C)CC(=O)O)c1ccccc1C(C)C(CC)CCCCCCCC. The summed E-state index contributed by atoms with van der Waals surface area (Å²) in [6, 6.07) is 8.12. The molecular weight excluding hydrogens is 372 g/mol. The van der Waals surface area contributed by atoms with E-state index in [1.165, 1.54) is 50.5 Å². The lowest BCUT2D eigenvalue weighted by atomic mass is 9.79. The van der Waals surface area contributed by atoms with Gasteiger partial charge in [0.1, 0.15) is 0 Å². The molecule has 0 heterocycles. The van der Waals surface area contributed by atoms with E-state index in [4.69, 9.17) is 5.11 Å². The minimum atomic E-state index is -0.865. The zero-order valence-corrected chi connectivity index (χ0v) is 19.6. The van der Waals surface area contributed by atoms with Gasteiger partial charge in [0, 0.05) is 18.4 Å². The van der Waals surface area contributed by atoms with Crippen LogP contribution in [0.4, 0.5) is 0 Å². The van der Waals surface area contributed by atoms with E-state index in [2.05, 4.69) is 33.4 Å². The Morgan fingerprint density at radius 2 is 1.60 bits per heavy atom. The molecule has 168 valence electrons. The van der Waals surface area contributed by atoms with E-state index in [1.54, 1.807) is 6.92 Å². The molecule has 0 saturated carbocycles. The number of rotatable bonds is 16. The Morgan fingerprint density at radius 3 is 2.23 bits per heavy atom. The molecule has 0 bridgehead atoms. The number of carbonyl (C=O) groups excluding carboxylic acids is 1. The van der Waals surface area contributed by atoms with Crippen LogP contribution in [0.3, 0.4) is 0 Å². The van der Waals surface area contributed by atoms with Crippen LogP contribution in [0, 0.1) is 11.8 Å². The maximum absolute atomic E-state index is 12.8. The maximum Gasteiger partial charge on any atom is 0.303 e. The summed E-state index contributed by atoms with van der Waals surface area (Å²) < 4.78 is 0. The predicted octanol–water partition coefficient (Wildman–Crippen LogP) is 7.65. The van der Waals surface area contributed by atoms with Crippen LogP contribution in [0.25, 0.3) is 5.57 Å². The molecule has 30 heavy (non-hydrogen) atoms. The third kappa shape index (κ3) is 8.85. The molecule has 0 aliphatic carbocycles. The average Bonchev–Trinajstić information content (AvgIpc) is 2.71. The Labute approximate surface area is 184 Å². The van der Waals surface area contributed by atoms with Crippen molar-refractivity contribution in [2.75, 3.05) is 0 Å². The van der Waals surface area contributed by atoms with E-state index in [0.29, 0.717) is 17.4 Å². The fraction of sp³-hybridized carbons (Fsp3) is 0.630. The zero-order valence-electron chi connectivity index (χ0n) is 19.6. The lowest BCUT2D eigenvalue weighted by Gasteiger charge is -2.26. The molecule has 3 unspecified atom stereocenters. The smallest absolute Gasteiger partial charge is 0.303 e. The number of ketones is 1. The molecule has 1 aromatic carbocycles. The molecule has 0 aromatic heterocycles. The van der Waals surface area contributed by atoms with Crippen LogP contribution >= 0.6 is 0 Å². The van der Waals surface area contributed by atoms with Gasteiger partial charge in [0.2, 0.25) is 0 Å². The number of Topliss-reactive ketones (excluding diaryl/α,β-unsaturated/α-hetero) is 1. The number of hydrogen-bond acceptors (Lipinski definition) is 2. The number of hydrogen-bond donors (Lipinski definition) is 1. The predicted molar refractivity (Wildman–Crippen MR) is 127 cm³/mol. The van der Waals surface area contributed by atoms with Crippen LogP contribution in [-0.4, -0.2) is 16.9 Å². The third-order valence-electron chi connectivity index (χ3n) is 6.33. The van der Waals surface area contributed by atoms with Crippen molar-refractivity contribution in [1.82, 2.24) is 0 Å². The van der Waals surface area contributed by atoms with Crippen molar-refractivity contribution in [1.29, 1.82) is 0 Å². The van der Waals surface area contributed by atoms with Gasteiger partial charge in [-0.1, -0.05) is 103 Å². The van der Waals surface area contributed by atoms with Crippen LogP contribution in [-0.2, 0) is 9.59 Å². The molecular formula is C27H42O3. The first kappa shape index (κ1) is 26.1. The summed E-state index contributed by atoms with van der Waals surface area (Å²) >= 11 is 0. The summed E-state index contributed by atoms with van der Waals surface area (Å²) in [5.41, 5.74) is 2.64. The Kier molecular flexibility index (Phi) is 12.3. The number of aliphatic carboxylic acids is 1. The molecule has 1 N–H and O–H groups in total. The van der Waals surface area contributed by atoms with Gasteiger partial charge in [0.15, 0.2) is 5.78 Å². The Hall–Kier alpha value is -1.90. The average molecular weight is 415 g/mol. The second-order valence-electron chi connectivity index (χ2n) is 8.91. The Bertz CT molecular complexity index is 676. The van der Waals surface area contributed by atoms with Gasteiger partial charge in [-0.15, -0.1) is 0 Å². The number of carboxylic acids is 1. The topological polar surface area (TPSA) is 54.4 Å². The van der Waals surface area contributed by atoms with Crippen LogP contribution < -0.4 is 0 Å². The molecule has 1 aromatic rings. The standard InChI is InChI=1S/C27H42O3/c1-6-8-9-10-11-12-15-23(7-2)21(4)24-16-13-14-17-25(24)22(5)26(28)18-20(3)19-27(29)30/h13-14,16-17,20-21,23H,5-12,15,18-19H2,1-4H3,(H,29,30). The van der Waals surface area contributed by atoms with Gasteiger partial charge >= 0.3 is 5.97 Å². The minimum absolute atomic E-state index is 0.00718. The first-order valence-electron chi connectivity index (χ1n) is 11.8. The second kappa shape index (κ2) is 14.2. The summed E-state index contributed by atoms with van der Waals surface area (Å²) in [4.78, 5) is 23.7. The van der Waals surface area contributed by atoms with E-state index in [9.17, 15) is 9.59 Å². The summed E-state index contributed by atoms with van der Waals surface area (Å²) in [6.45, 7) is 12.7. The van der Waals surface area contributed by atoms with Gasteiger partial charge in [0.05, 0.1) is 0 Å². The van der Waals surface area contributed by atoms with Gasteiger partial charge < -0.3 is 5.11 Å². The largest absolute Gasteiger partial charge is 0.481 e. The van der Waals surface area contributed by atoms with Gasteiger partial charge in [-0.2, -0.15) is 0 Å². The highest BCUT2D eigenvalue weighted by molar-refractivity contribution is 6.20. The van der Waals surface area contributed by atoms with Crippen LogP contribution in [0.1, 0.15) is 109 Å². The fourth-order valence-corrected chi connectivity index (χ4v) is 4.38. The highest BCUT2D eigenvalue weighted by atomic mass is 16.4. The number of allylic oxidation sites excluding steroid dienone is 1. The molecule has 0 aliphatic heterocycles. The van der Waals surface area contributed by atoms with Crippen molar-refractivity contribution in [2.45, 2.75) is 97.8 Å². The molecule has 3 nitrogen and oxygen atoms in total. The normalized spacial score (nSPS) is 14.1. The van der Waals surface area contributed by atoms with Crippen LogP contribution in [0.5, 0.6) is 0 Å². The third-order valence-corrected chi connectivity index (χ3v) is 6.33. The number of unbranched alkanes of at least 4 members (excludes halogenated alkanes) is 5. The fourth-order valence-electron chi connectivity index (χ4n) is 4.38. The van der Waals surface area contributed by atoms with Gasteiger partial charge in [-0.05, 0) is 35.3 Å². The molecule has 0 spiro atoms. The highest BCUT2D eigenvalue weighted by Crippen LogP contribution is 2.35. The molecule has 3 atom stereocenters. The van der Waals surface area contributed by atoms with Crippen molar-refractivity contribution >= 4 is 17.3 Å². The van der Waals surface area contributed by atoms with Crippen molar-refractivity contribution in [3.8, 4) is 0 Å². The molecule has 0 aliphatic rings.